The van der Waals surface area contributed by atoms with E-state index in [1.54, 1.807) is 0 Å². The van der Waals surface area contributed by atoms with Crippen molar-refractivity contribution in [3.05, 3.63) is 50.5 Å². The van der Waals surface area contributed by atoms with Crippen LogP contribution >= 0.6 is 11.6 Å². The normalized spacial score (nSPS) is 13.1. The van der Waals surface area contributed by atoms with Gasteiger partial charge in [0, 0.05) is 23.8 Å². The molecule has 0 saturated carbocycles. The molecule has 2 aromatic carbocycles. The lowest BCUT2D eigenvalue weighted by Crippen LogP contribution is -2.19. The van der Waals surface area contributed by atoms with Gasteiger partial charge in [0.1, 0.15) is 13.2 Å². The fourth-order valence-electron chi connectivity index (χ4n) is 2.54. The van der Waals surface area contributed by atoms with Gasteiger partial charge in [0.15, 0.2) is 11.5 Å². The highest BCUT2D eigenvalue weighted by atomic mass is 35.5. The fourth-order valence-corrected chi connectivity index (χ4v) is 3.93. The standard InChI is InChI=1S/C16H13ClN2O8S/c1-8-11(17)4-9(5-13(8)19(22)23)28(24,25)18-12-7-15-14(26-2-3-27-15)6-10(12)16(20)21/h4-7,18H,2-3H2,1H3,(H,20,21). The van der Waals surface area contributed by atoms with Crippen molar-refractivity contribution in [2.75, 3.05) is 17.9 Å². The van der Waals surface area contributed by atoms with Crippen LogP contribution in [0.1, 0.15) is 15.9 Å². The Morgan fingerprint density at radius 2 is 1.82 bits per heavy atom. The lowest BCUT2D eigenvalue weighted by atomic mass is 10.1. The summed E-state index contributed by atoms with van der Waals surface area (Å²) < 4.78 is 38.2. The highest BCUT2D eigenvalue weighted by molar-refractivity contribution is 7.92. The molecule has 0 spiro atoms. The minimum atomic E-state index is -4.39. The first-order chi connectivity index (χ1) is 13.1. The summed E-state index contributed by atoms with van der Waals surface area (Å²) in [7, 11) is -4.39. The van der Waals surface area contributed by atoms with Gasteiger partial charge in [-0.2, -0.15) is 0 Å². The van der Waals surface area contributed by atoms with Gasteiger partial charge in [-0.05, 0) is 13.0 Å². The number of halogens is 1. The van der Waals surface area contributed by atoms with E-state index in [-0.39, 0.29) is 46.5 Å². The molecule has 1 aliphatic heterocycles. The van der Waals surface area contributed by atoms with Gasteiger partial charge in [-0.3, -0.25) is 14.8 Å². The molecule has 0 fully saturated rings. The van der Waals surface area contributed by atoms with Crippen LogP contribution in [0.4, 0.5) is 11.4 Å². The fraction of sp³-hybridized carbons (Fsp3) is 0.188. The van der Waals surface area contributed by atoms with E-state index in [1.807, 2.05) is 0 Å². The number of fused-ring (bicyclic) bond motifs is 1. The molecule has 0 bridgehead atoms. The number of carboxylic acid groups (broad SMARTS) is 1. The lowest BCUT2D eigenvalue weighted by Gasteiger charge is -2.20. The van der Waals surface area contributed by atoms with Crippen molar-refractivity contribution in [3.63, 3.8) is 0 Å². The number of hydrogen-bond acceptors (Lipinski definition) is 7. The van der Waals surface area contributed by atoms with Gasteiger partial charge < -0.3 is 14.6 Å². The quantitative estimate of drug-likeness (QED) is 0.546. The first-order valence-electron chi connectivity index (χ1n) is 7.74. The second-order valence-corrected chi connectivity index (χ2v) is 7.85. The number of aromatic carboxylic acids is 1. The maximum absolute atomic E-state index is 12.7. The zero-order valence-corrected chi connectivity index (χ0v) is 15.8. The minimum absolute atomic E-state index is 0.108. The largest absolute Gasteiger partial charge is 0.486 e. The molecule has 148 valence electrons. The first-order valence-corrected chi connectivity index (χ1v) is 9.60. The van der Waals surface area contributed by atoms with Crippen LogP contribution < -0.4 is 14.2 Å². The summed E-state index contributed by atoms with van der Waals surface area (Å²) in [5, 5.41) is 20.4. The molecule has 3 rings (SSSR count). The average Bonchev–Trinajstić information content (AvgIpc) is 2.62. The lowest BCUT2D eigenvalue weighted by molar-refractivity contribution is -0.385. The monoisotopic (exact) mass is 428 g/mol. The van der Waals surface area contributed by atoms with Crippen LogP contribution in [0.5, 0.6) is 11.5 Å². The van der Waals surface area contributed by atoms with Gasteiger partial charge in [0.2, 0.25) is 0 Å². The van der Waals surface area contributed by atoms with E-state index in [4.69, 9.17) is 21.1 Å². The van der Waals surface area contributed by atoms with Crippen LogP contribution in [0.25, 0.3) is 0 Å². The Hall–Kier alpha value is -3.05. The zero-order chi connectivity index (χ0) is 20.6. The second kappa shape index (κ2) is 7.17. The Balaban J connectivity index is 2.08. The van der Waals surface area contributed by atoms with E-state index in [9.17, 15) is 28.4 Å². The van der Waals surface area contributed by atoms with Crippen molar-refractivity contribution in [2.24, 2.45) is 0 Å². The Labute approximate surface area is 163 Å². The molecule has 10 nitrogen and oxygen atoms in total. The van der Waals surface area contributed by atoms with Crippen molar-refractivity contribution in [1.29, 1.82) is 0 Å². The van der Waals surface area contributed by atoms with Gasteiger partial charge in [-0.1, -0.05) is 11.6 Å². The third kappa shape index (κ3) is 3.66. The molecule has 0 unspecified atom stereocenters. The van der Waals surface area contributed by atoms with Gasteiger partial charge in [-0.15, -0.1) is 0 Å². The number of anilines is 1. The van der Waals surface area contributed by atoms with Crippen molar-refractivity contribution in [2.45, 2.75) is 11.8 Å². The number of benzene rings is 2. The minimum Gasteiger partial charge on any atom is -0.486 e. The Bertz CT molecular complexity index is 1100. The molecule has 1 heterocycles. The van der Waals surface area contributed by atoms with Gasteiger partial charge in [0.25, 0.3) is 15.7 Å². The molecule has 28 heavy (non-hydrogen) atoms. The number of sulfonamides is 1. The number of ether oxygens (including phenoxy) is 2. The highest BCUT2D eigenvalue weighted by Crippen LogP contribution is 2.37. The number of carbonyl (C=O) groups is 1. The second-order valence-electron chi connectivity index (χ2n) is 5.76. The summed E-state index contributed by atoms with van der Waals surface area (Å²) in [6, 6.07) is 4.21. The van der Waals surface area contributed by atoms with Crippen molar-refractivity contribution < 1.29 is 32.7 Å². The van der Waals surface area contributed by atoms with E-state index >= 15 is 0 Å². The third-order valence-corrected chi connectivity index (χ3v) is 5.69. The third-order valence-electron chi connectivity index (χ3n) is 3.95. The number of rotatable bonds is 5. The van der Waals surface area contributed by atoms with Gasteiger partial charge in [0.05, 0.1) is 26.1 Å². The van der Waals surface area contributed by atoms with Crippen molar-refractivity contribution >= 4 is 39.0 Å². The van der Waals surface area contributed by atoms with E-state index in [0.29, 0.717) is 0 Å². The molecular weight excluding hydrogens is 416 g/mol. The molecule has 12 heteroatoms. The Kier molecular flexibility index (Phi) is 5.04. The molecule has 0 aliphatic carbocycles. The van der Waals surface area contributed by atoms with Gasteiger partial charge >= 0.3 is 5.97 Å². The van der Waals surface area contributed by atoms with Crippen LogP contribution in [0.15, 0.2) is 29.2 Å². The summed E-state index contributed by atoms with van der Waals surface area (Å²) in [6.45, 7) is 1.82. The Morgan fingerprint density at radius 3 is 2.39 bits per heavy atom. The smallest absolute Gasteiger partial charge is 0.337 e. The average molecular weight is 429 g/mol. The van der Waals surface area contributed by atoms with Crippen LogP contribution in [0.3, 0.4) is 0 Å². The summed E-state index contributed by atoms with van der Waals surface area (Å²) in [5.74, 6) is -1.06. The molecule has 0 aromatic heterocycles. The topological polar surface area (TPSA) is 145 Å². The molecule has 2 N–H and O–H groups in total. The molecule has 0 amide bonds. The summed E-state index contributed by atoms with van der Waals surface area (Å²) >= 11 is 5.92. The van der Waals surface area contributed by atoms with Gasteiger partial charge in [-0.25, -0.2) is 13.2 Å². The number of hydrogen-bond donors (Lipinski definition) is 2. The predicted molar refractivity (Wildman–Crippen MR) is 98.0 cm³/mol. The summed E-state index contributed by atoms with van der Waals surface area (Å²) in [5.41, 5.74) is -1.03. The van der Waals surface area contributed by atoms with E-state index in [0.717, 1.165) is 18.2 Å². The first kappa shape index (κ1) is 19.7. The van der Waals surface area contributed by atoms with Crippen LogP contribution in [-0.4, -0.2) is 37.6 Å². The molecule has 0 atom stereocenters. The molecule has 2 aromatic rings. The molecule has 1 aliphatic rings. The molecule has 0 radical (unpaired) electrons. The predicted octanol–water partition coefficient (Wildman–Crippen LogP) is 2.83. The molecule has 0 saturated heterocycles. The van der Waals surface area contributed by atoms with Crippen molar-refractivity contribution in [3.8, 4) is 11.5 Å². The van der Waals surface area contributed by atoms with Crippen LogP contribution in [0.2, 0.25) is 5.02 Å². The summed E-state index contributed by atoms with van der Waals surface area (Å²) in [6.07, 6.45) is 0. The summed E-state index contributed by atoms with van der Waals surface area (Å²) in [4.78, 5) is 21.4. The number of nitro benzene ring substituents is 1. The van der Waals surface area contributed by atoms with E-state index < -0.39 is 31.5 Å². The maximum Gasteiger partial charge on any atom is 0.337 e. The molecular formula is C16H13ClN2O8S. The highest BCUT2D eigenvalue weighted by Gasteiger charge is 2.26. The SMILES string of the molecule is Cc1c(Cl)cc(S(=O)(=O)Nc2cc3c(cc2C(=O)O)OCCO3)cc1[N+](=O)[O-]. The number of nitrogens with zero attached hydrogens (tertiary/aromatic N) is 1. The zero-order valence-electron chi connectivity index (χ0n) is 14.3. The van der Waals surface area contributed by atoms with Crippen LogP contribution in [0, 0.1) is 17.0 Å². The number of nitrogens with one attached hydrogen (secondary N) is 1. The van der Waals surface area contributed by atoms with Crippen LogP contribution in [-0.2, 0) is 10.0 Å². The number of nitro groups is 1. The van der Waals surface area contributed by atoms with Crippen molar-refractivity contribution in [1.82, 2.24) is 0 Å². The number of carboxylic acids is 1. The maximum atomic E-state index is 12.7. The van der Waals surface area contributed by atoms with E-state index in [2.05, 4.69) is 4.72 Å². The van der Waals surface area contributed by atoms with E-state index in [1.165, 1.54) is 13.0 Å². The Morgan fingerprint density at radius 1 is 1.21 bits per heavy atom.